The Hall–Kier alpha value is -1.56. The molecule has 0 fully saturated rings. The lowest BCUT2D eigenvalue weighted by Crippen LogP contribution is -2.32. The van der Waals surface area contributed by atoms with Gasteiger partial charge in [-0.3, -0.25) is 4.79 Å². The molecule has 5 nitrogen and oxygen atoms in total. The van der Waals surface area contributed by atoms with Crippen molar-refractivity contribution in [2.24, 2.45) is 0 Å². The van der Waals surface area contributed by atoms with Gasteiger partial charge < -0.3 is 15.2 Å². The first-order valence-electron chi connectivity index (χ1n) is 6.92. The second kappa shape index (κ2) is 9.46. The molecule has 2 N–H and O–H groups in total. The molecular formula is C15H19Cl2N3O2. The van der Waals surface area contributed by atoms with Gasteiger partial charge in [-0.05, 0) is 25.1 Å². The van der Waals surface area contributed by atoms with E-state index in [1.165, 1.54) is 0 Å². The summed E-state index contributed by atoms with van der Waals surface area (Å²) in [5, 5.41) is 10.4. The Morgan fingerprint density at radius 1 is 1.27 bits per heavy atom. The zero-order chi connectivity index (χ0) is 15.1. The monoisotopic (exact) mass is 343 g/mol. The summed E-state index contributed by atoms with van der Waals surface area (Å²) < 4.78 is 5.19. The highest BCUT2D eigenvalue weighted by Crippen LogP contribution is 2.23. The van der Waals surface area contributed by atoms with E-state index in [0.29, 0.717) is 17.3 Å². The molecule has 120 valence electrons. The normalized spacial score (nSPS) is 10.1. The summed E-state index contributed by atoms with van der Waals surface area (Å²) in [5.74, 6) is 0.275. The van der Waals surface area contributed by atoms with Crippen LogP contribution >= 0.6 is 24.0 Å². The maximum atomic E-state index is 11.9. The lowest BCUT2D eigenvalue weighted by atomic mass is 10.1. The number of hydrogen-bond acceptors (Lipinski definition) is 4. The van der Waals surface area contributed by atoms with Gasteiger partial charge in [0.1, 0.15) is 0 Å². The molecule has 0 aliphatic rings. The van der Waals surface area contributed by atoms with Crippen molar-refractivity contribution in [2.75, 3.05) is 19.6 Å². The number of aromatic nitrogens is 1. The number of hydrogen-bond donors (Lipinski definition) is 2. The summed E-state index contributed by atoms with van der Waals surface area (Å²) in [6.45, 7) is 4.33. The number of carbonyl (C=O) groups excluding carboxylic acids is 1. The standard InChI is InChI=1S/C15H18ClN3O2.ClH/c1-2-6-17-7-8-18-15(20)13-10-14(21-19-13)11-4-3-5-12(16)9-11;/h3-5,9-10,17H,2,6-8H2,1H3,(H,18,20);1H. The molecule has 1 amide bonds. The first kappa shape index (κ1) is 18.5. The summed E-state index contributed by atoms with van der Waals surface area (Å²) in [7, 11) is 0. The second-order valence-electron chi connectivity index (χ2n) is 4.59. The van der Waals surface area contributed by atoms with E-state index in [0.717, 1.165) is 25.1 Å². The Kier molecular flexibility index (Phi) is 7.95. The fraction of sp³-hybridized carbons (Fsp3) is 0.333. The average molecular weight is 344 g/mol. The topological polar surface area (TPSA) is 67.2 Å². The van der Waals surface area contributed by atoms with Crippen LogP contribution in [0, 0.1) is 0 Å². The number of amides is 1. The molecule has 0 unspecified atom stereocenters. The highest BCUT2D eigenvalue weighted by Gasteiger charge is 2.13. The summed E-state index contributed by atoms with van der Waals surface area (Å²) >= 11 is 5.93. The van der Waals surface area contributed by atoms with Gasteiger partial charge in [0, 0.05) is 29.7 Å². The molecule has 0 aliphatic heterocycles. The second-order valence-corrected chi connectivity index (χ2v) is 5.03. The molecule has 0 saturated heterocycles. The van der Waals surface area contributed by atoms with Gasteiger partial charge in [-0.25, -0.2) is 0 Å². The SMILES string of the molecule is CCCNCCNC(=O)c1cc(-c2cccc(Cl)c2)on1.Cl. The van der Waals surface area contributed by atoms with E-state index in [2.05, 4.69) is 22.7 Å². The van der Waals surface area contributed by atoms with E-state index >= 15 is 0 Å². The van der Waals surface area contributed by atoms with Crippen molar-refractivity contribution >= 4 is 29.9 Å². The van der Waals surface area contributed by atoms with Crippen LogP contribution in [0.25, 0.3) is 11.3 Å². The van der Waals surface area contributed by atoms with Crippen molar-refractivity contribution < 1.29 is 9.32 Å². The van der Waals surface area contributed by atoms with E-state index in [4.69, 9.17) is 16.1 Å². The molecule has 2 rings (SSSR count). The van der Waals surface area contributed by atoms with Gasteiger partial charge in [-0.15, -0.1) is 12.4 Å². The van der Waals surface area contributed by atoms with Crippen LogP contribution in [0.15, 0.2) is 34.9 Å². The van der Waals surface area contributed by atoms with Crippen molar-refractivity contribution in [1.82, 2.24) is 15.8 Å². The lowest BCUT2D eigenvalue weighted by Gasteiger charge is -2.03. The zero-order valence-corrected chi connectivity index (χ0v) is 13.8. The third kappa shape index (κ3) is 5.33. The summed E-state index contributed by atoms with van der Waals surface area (Å²) in [4.78, 5) is 11.9. The van der Waals surface area contributed by atoms with Crippen molar-refractivity contribution in [3.8, 4) is 11.3 Å². The number of carbonyl (C=O) groups is 1. The quantitative estimate of drug-likeness (QED) is 0.758. The van der Waals surface area contributed by atoms with E-state index < -0.39 is 0 Å². The maximum Gasteiger partial charge on any atom is 0.273 e. The van der Waals surface area contributed by atoms with Gasteiger partial charge in [0.05, 0.1) is 0 Å². The summed E-state index contributed by atoms with van der Waals surface area (Å²) in [6, 6.07) is 8.82. The maximum absolute atomic E-state index is 11.9. The fourth-order valence-electron chi connectivity index (χ4n) is 1.82. The number of nitrogens with one attached hydrogen (secondary N) is 2. The highest BCUT2D eigenvalue weighted by molar-refractivity contribution is 6.30. The minimum Gasteiger partial charge on any atom is -0.355 e. The number of rotatable bonds is 7. The predicted octanol–water partition coefficient (Wildman–Crippen LogP) is 3.15. The molecule has 2 aromatic rings. The first-order valence-corrected chi connectivity index (χ1v) is 7.30. The van der Waals surface area contributed by atoms with Crippen LogP contribution in [0.4, 0.5) is 0 Å². The fourth-order valence-corrected chi connectivity index (χ4v) is 2.01. The van der Waals surface area contributed by atoms with Crippen LogP contribution in [0.2, 0.25) is 5.02 Å². The van der Waals surface area contributed by atoms with Gasteiger partial charge >= 0.3 is 0 Å². The summed E-state index contributed by atoms with van der Waals surface area (Å²) in [6.07, 6.45) is 1.07. The van der Waals surface area contributed by atoms with E-state index in [1.807, 2.05) is 12.1 Å². The molecule has 22 heavy (non-hydrogen) atoms. The molecule has 0 radical (unpaired) electrons. The number of halogens is 2. The van der Waals surface area contributed by atoms with Crippen LogP contribution in [0.1, 0.15) is 23.8 Å². The van der Waals surface area contributed by atoms with Crippen LogP contribution in [0.5, 0.6) is 0 Å². The lowest BCUT2D eigenvalue weighted by molar-refractivity contribution is 0.0945. The van der Waals surface area contributed by atoms with Crippen LogP contribution in [0.3, 0.4) is 0 Å². The smallest absolute Gasteiger partial charge is 0.273 e. The van der Waals surface area contributed by atoms with E-state index in [9.17, 15) is 4.79 Å². The van der Waals surface area contributed by atoms with Crippen molar-refractivity contribution in [1.29, 1.82) is 0 Å². The van der Waals surface area contributed by atoms with E-state index in [1.54, 1.807) is 18.2 Å². The predicted molar refractivity (Wildman–Crippen MR) is 89.7 cm³/mol. The van der Waals surface area contributed by atoms with Gasteiger partial charge in [0.25, 0.3) is 5.91 Å². The molecule has 1 aromatic heterocycles. The van der Waals surface area contributed by atoms with Crippen LogP contribution < -0.4 is 10.6 Å². The van der Waals surface area contributed by atoms with Crippen LogP contribution in [-0.2, 0) is 0 Å². The molecule has 1 heterocycles. The summed E-state index contributed by atoms with van der Waals surface area (Å²) in [5.41, 5.74) is 1.05. The van der Waals surface area contributed by atoms with Crippen molar-refractivity contribution in [3.05, 3.63) is 41.0 Å². The van der Waals surface area contributed by atoms with Gasteiger partial charge in [-0.2, -0.15) is 0 Å². The van der Waals surface area contributed by atoms with Gasteiger partial charge in [0.2, 0.25) is 0 Å². The van der Waals surface area contributed by atoms with E-state index in [-0.39, 0.29) is 24.0 Å². The van der Waals surface area contributed by atoms with Gasteiger partial charge in [-0.1, -0.05) is 35.8 Å². The molecule has 0 bridgehead atoms. The van der Waals surface area contributed by atoms with Crippen molar-refractivity contribution in [3.63, 3.8) is 0 Å². The van der Waals surface area contributed by atoms with Crippen LogP contribution in [-0.4, -0.2) is 30.7 Å². The first-order chi connectivity index (χ1) is 10.2. The Bertz CT molecular complexity index is 602. The third-order valence-corrected chi connectivity index (χ3v) is 3.10. The third-order valence-electron chi connectivity index (χ3n) is 2.87. The highest BCUT2D eigenvalue weighted by atomic mass is 35.5. The average Bonchev–Trinajstić information content (AvgIpc) is 2.97. The largest absolute Gasteiger partial charge is 0.355 e. The van der Waals surface area contributed by atoms with Crippen molar-refractivity contribution in [2.45, 2.75) is 13.3 Å². The Morgan fingerprint density at radius 2 is 2.09 bits per heavy atom. The molecule has 1 aromatic carbocycles. The van der Waals surface area contributed by atoms with Gasteiger partial charge in [0.15, 0.2) is 11.5 Å². The Balaban J connectivity index is 0.00000242. The zero-order valence-electron chi connectivity index (χ0n) is 12.3. The molecule has 0 aliphatic carbocycles. The molecule has 0 saturated carbocycles. The Labute approximate surface area is 140 Å². The molecule has 0 atom stereocenters. The minimum atomic E-state index is -0.245. The molecule has 7 heteroatoms. The Morgan fingerprint density at radius 3 is 2.82 bits per heavy atom. The molecular weight excluding hydrogens is 325 g/mol. The number of benzene rings is 1. The molecule has 0 spiro atoms. The number of nitrogens with zero attached hydrogens (tertiary/aromatic N) is 1. The minimum absolute atomic E-state index is 0.